The molecule has 0 saturated heterocycles. The minimum Gasteiger partial charge on any atom is -0.466 e. The molecule has 8 heteroatoms. The summed E-state index contributed by atoms with van der Waals surface area (Å²) in [5, 5.41) is 13.5. The largest absolute Gasteiger partial charge is 0.466 e. The van der Waals surface area contributed by atoms with Gasteiger partial charge in [-0.25, -0.2) is 9.59 Å². The summed E-state index contributed by atoms with van der Waals surface area (Å²) in [6.07, 6.45) is 0.907. The van der Waals surface area contributed by atoms with Crippen LogP contribution in [-0.4, -0.2) is 31.1 Å². The van der Waals surface area contributed by atoms with Crippen LogP contribution < -0.4 is 5.32 Å². The van der Waals surface area contributed by atoms with Crippen LogP contribution in [0.4, 0.5) is 11.4 Å². The molecule has 1 rings (SSSR count). The number of benzene rings is 1. The highest BCUT2D eigenvalue weighted by Crippen LogP contribution is 2.26. The van der Waals surface area contributed by atoms with Crippen molar-refractivity contribution >= 4 is 23.3 Å². The van der Waals surface area contributed by atoms with Crippen LogP contribution in [0.25, 0.3) is 0 Å². The van der Waals surface area contributed by atoms with Crippen LogP contribution in [-0.2, 0) is 19.1 Å². The summed E-state index contributed by atoms with van der Waals surface area (Å²) < 4.78 is 8.97. The lowest BCUT2D eigenvalue weighted by molar-refractivity contribution is -0.385. The lowest BCUT2D eigenvalue weighted by atomic mass is 10.1. The van der Waals surface area contributed by atoms with E-state index in [4.69, 9.17) is 0 Å². The Kier molecular flexibility index (Phi) is 5.41. The highest BCUT2D eigenvalue weighted by Gasteiger charge is 2.17. The summed E-state index contributed by atoms with van der Waals surface area (Å²) in [5.74, 6) is -1.56. The van der Waals surface area contributed by atoms with Crippen LogP contribution in [0.1, 0.15) is 5.56 Å². The average molecular weight is 294 g/mol. The van der Waals surface area contributed by atoms with E-state index in [1.807, 2.05) is 0 Å². The first-order valence-corrected chi connectivity index (χ1v) is 5.79. The summed E-state index contributed by atoms with van der Waals surface area (Å²) in [4.78, 5) is 33.2. The van der Waals surface area contributed by atoms with Crippen LogP contribution in [0.2, 0.25) is 0 Å². The van der Waals surface area contributed by atoms with Gasteiger partial charge in [0.1, 0.15) is 5.70 Å². The number of nitrogens with one attached hydrogen (secondary N) is 1. The van der Waals surface area contributed by atoms with Crippen molar-refractivity contribution in [3.05, 3.63) is 45.6 Å². The zero-order valence-electron chi connectivity index (χ0n) is 11.7. The van der Waals surface area contributed by atoms with Crippen LogP contribution >= 0.6 is 0 Å². The van der Waals surface area contributed by atoms with E-state index >= 15 is 0 Å². The third-order valence-corrected chi connectivity index (χ3v) is 2.64. The molecule has 0 aliphatic rings. The Morgan fingerprint density at radius 1 is 1.29 bits per heavy atom. The Morgan fingerprint density at radius 3 is 2.48 bits per heavy atom. The molecule has 0 aromatic heterocycles. The van der Waals surface area contributed by atoms with Gasteiger partial charge in [0, 0.05) is 11.8 Å². The van der Waals surface area contributed by atoms with Crippen molar-refractivity contribution in [3.8, 4) is 0 Å². The van der Waals surface area contributed by atoms with Crippen molar-refractivity contribution < 1.29 is 24.0 Å². The van der Waals surface area contributed by atoms with Crippen molar-refractivity contribution in [2.24, 2.45) is 0 Å². The second-order valence-electron chi connectivity index (χ2n) is 3.90. The van der Waals surface area contributed by atoms with Crippen molar-refractivity contribution in [2.45, 2.75) is 6.92 Å². The predicted octanol–water partition coefficient (Wildman–Crippen LogP) is 1.55. The van der Waals surface area contributed by atoms with Gasteiger partial charge in [0.25, 0.3) is 5.69 Å². The molecule has 8 nitrogen and oxygen atoms in total. The third kappa shape index (κ3) is 4.03. The smallest absolute Gasteiger partial charge is 0.354 e. The van der Waals surface area contributed by atoms with E-state index in [0.717, 1.165) is 20.3 Å². The molecule has 0 fully saturated rings. The van der Waals surface area contributed by atoms with E-state index in [9.17, 15) is 19.7 Å². The molecule has 1 aromatic carbocycles. The Labute approximate surface area is 120 Å². The Balaban J connectivity index is 3.19. The van der Waals surface area contributed by atoms with Gasteiger partial charge in [0.2, 0.25) is 0 Å². The van der Waals surface area contributed by atoms with Gasteiger partial charge in [0.05, 0.1) is 30.8 Å². The average Bonchev–Trinajstić information content (AvgIpc) is 2.47. The molecule has 0 unspecified atom stereocenters. The van der Waals surface area contributed by atoms with Crippen molar-refractivity contribution in [3.63, 3.8) is 0 Å². The van der Waals surface area contributed by atoms with Gasteiger partial charge < -0.3 is 14.8 Å². The lowest BCUT2D eigenvalue weighted by Crippen LogP contribution is -2.16. The minimum absolute atomic E-state index is 0.109. The molecule has 112 valence electrons. The van der Waals surface area contributed by atoms with Gasteiger partial charge in [-0.15, -0.1) is 0 Å². The standard InChI is InChI=1S/C13H14N2O6/c1-8-9(5-4-6-11(8)15(18)19)14-10(13(17)21-3)7-12(16)20-2/h4-7,14H,1-3H3/b10-7+. The number of ether oxygens (including phenoxy) is 2. The number of esters is 2. The molecular formula is C13H14N2O6. The third-order valence-electron chi connectivity index (χ3n) is 2.64. The fourth-order valence-corrected chi connectivity index (χ4v) is 1.53. The fraction of sp³-hybridized carbons (Fsp3) is 0.231. The summed E-state index contributed by atoms with van der Waals surface area (Å²) in [6.45, 7) is 1.52. The molecule has 0 amide bonds. The fourth-order valence-electron chi connectivity index (χ4n) is 1.53. The highest BCUT2D eigenvalue weighted by molar-refractivity contribution is 5.98. The van der Waals surface area contributed by atoms with Gasteiger partial charge in [-0.2, -0.15) is 0 Å². The number of hydrogen-bond donors (Lipinski definition) is 1. The van der Waals surface area contributed by atoms with E-state index < -0.39 is 16.9 Å². The second kappa shape index (κ2) is 7.04. The molecule has 1 N–H and O–H groups in total. The van der Waals surface area contributed by atoms with Crippen LogP contribution in [0, 0.1) is 17.0 Å². The number of carbonyl (C=O) groups is 2. The molecule has 0 bridgehead atoms. The zero-order chi connectivity index (χ0) is 16.0. The van der Waals surface area contributed by atoms with E-state index in [1.165, 1.54) is 25.1 Å². The summed E-state index contributed by atoms with van der Waals surface area (Å²) >= 11 is 0. The SMILES string of the molecule is COC(=O)/C=C(/Nc1cccc([N+](=O)[O-])c1C)C(=O)OC. The molecule has 0 atom stereocenters. The highest BCUT2D eigenvalue weighted by atomic mass is 16.6. The number of nitro groups is 1. The van der Waals surface area contributed by atoms with Gasteiger partial charge in [-0.1, -0.05) is 6.07 Å². The number of nitro benzene ring substituents is 1. The van der Waals surface area contributed by atoms with Gasteiger partial charge in [-0.3, -0.25) is 10.1 Å². The van der Waals surface area contributed by atoms with E-state index in [0.29, 0.717) is 11.3 Å². The monoisotopic (exact) mass is 294 g/mol. The van der Waals surface area contributed by atoms with Gasteiger partial charge in [-0.05, 0) is 13.0 Å². The van der Waals surface area contributed by atoms with Crippen molar-refractivity contribution in [2.75, 3.05) is 19.5 Å². The molecule has 0 aliphatic heterocycles. The Hall–Kier alpha value is -2.90. The predicted molar refractivity (Wildman–Crippen MR) is 73.6 cm³/mol. The van der Waals surface area contributed by atoms with E-state index in [-0.39, 0.29) is 11.4 Å². The summed E-state index contributed by atoms with van der Waals surface area (Å²) in [6, 6.07) is 4.33. The number of nitrogens with zero attached hydrogens (tertiary/aromatic N) is 1. The van der Waals surface area contributed by atoms with Gasteiger partial charge >= 0.3 is 11.9 Å². The molecular weight excluding hydrogens is 280 g/mol. The topological polar surface area (TPSA) is 108 Å². The maximum atomic E-state index is 11.6. The summed E-state index contributed by atoms with van der Waals surface area (Å²) in [5.41, 5.74) is 0.335. The quantitative estimate of drug-likeness (QED) is 0.380. The second-order valence-corrected chi connectivity index (χ2v) is 3.90. The number of hydrogen-bond acceptors (Lipinski definition) is 7. The van der Waals surface area contributed by atoms with Crippen molar-refractivity contribution in [1.82, 2.24) is 0 Å². The van der Waals surface area contributed by atoms with E-state index in [1.54, 1.807) is 0 Å². The molecule has 0 heterocycles. The molecule has 0 radical (unpaired) electrons. The molecule has 21 heavy (non-hydrogen) atoms. The number of rotatable bonds is 5. The summed E-state index contributed by atoms with van der Waals surface area (Å²) in [7, 11) is 2.31. The number of anilines is 1. The minimum atomic E-state index is -0.800. The zero-order valence-corrected chi connectivity index (χ0v) is 11.7. The van der Waals surface area contributed by atoms with Crippen LogP contribution in [0.5, 0.6) is 0 Å². The first kappa shape index (κ1) is 16.2. The maximum Gasteiger partial charge on any atom is 0.354 e. The number of methoxy groups -OCH3 is 2. The number of carbonyl (C=O) groups excluding carboxylic acids is 2. The van der Waals surface area contributed by atoms with Crippen molar-refractivity contribution in [1.29, 1.82) is 0 Å². The first-order chi connectivity index (χ1) is 9.90. The van der Waals surface area contributed by atoms with E-state index in [2.05, 4.69) is 14.8 Å². The maximum absolute atomic E-state index is 11.6. The Morgan fingerprint density at radius 2 is 1.95 bits per heavy atom. The van der Waals surface area contributed by atoms with Crippen LogP contribution in [0.3, 0.4) is 0 Å². The normalized spacial score (nSPS) is 10.7. The molecule has 0 aliphatic carbocycles. The molecule has 0 saturated carbocycles. The van der Waals surface area contributed by atoms with Crippen LogP contribution in [0.15, 0.2) is 30.0 Å². The Bertz CT molecular complexity index is 609. The lowest BCUT2D eigenvalue weighted by Gasteiger charge is -2.11. The van der Waals surface area contributed by atoms with Gasteiger partial charge in [0.15, 0.2) is 0 Å². The first-order valence-electron chi connectivity index (χ1n) is 5.79. The molecule has 1 aromatic rings. The molecule has 0 spiro atoms.